The molecule has 0 saturated heterocycles. The number of rotatable bonds is 2. The van der Waals surface area contributed by atoms with Gasteiger partial charge in [-0.3, -0.25) is 0 Å². The minimum absolute atomic E-state index is 0.273. The molecule has 1 aromatic heterocycles. The average Bonchev–Trinajstić information content (AvgIpc) is 2.80. The van der Waals surface area contributed by atoms with Gasteiger partial charge in [0.2, 0.25) is 0 Å². The van der Waals surface area contributed by atoms with Crippen LogP contribution in [0.15, 0.2) is 41.2 Å². The summed E-state index contributed by atoms with van der Waals surface area (Å²) in [5, 5.41) is -0.599. The normalized spacial score (nSPS) is 12.8. The summed E-state index contributed by atoms with van der Waals surface area (Å²) in [6, 6.07) is 10.4. The maximum absolute atomic E-state index is 14.1. The van der Waals surface area contributed by atoms with Gasteiger partial charge in [0.05, 0.1) is 16.4 Å². The number of hydrogen-bond donors (Lipinski definition) is 2. The lowest BCUT2D eigenvalue weighted by Crippen LogP contribution is -1.99. The highest BCUT2D eigenvalue weighted by Gasteiger charge is 2.17. The Morgan fingerprint density at radius 1 is 1.15 bits per heavy atom. The highest BCUT2D eigenvalue weighted by Crippen LogP contribution is 2.32. The van der Waals surface area contributed by atoms with Crippen molar-refractivity contribution in [3.05, 3.63) is 69.4 Å². The number of alkyl halides is 1. The number of aromatic amines is 2. The Labute approximate surface area is 119 Å². The third-order valence-electron chi connectivity index (χ3n) is 3.33. The maximum Gasteiger partial charge on any atom is 0.323 e. The summed E-state index contributed by atoms with van der Waals surface area (Å²) in [5.74, 6) is -0.296. The number of halogens is 2. The fourth-order valence-corrected chi connectivity index (χ4v) is 2.56. The van der Waals surface area contributed by atoms with Crippen molar-refractivity contribution in [2.45, 2.75) is 12.3 Å². The Morgan fingerprint density at radius 2 is 1.90 bits per heavy atom. The lowest BCUT2D eigenvalue weighted by molar-refractivity contribution is 0.603. The molecular weight excluding hydrogens is 279 g/mol. The van der Waals surface area contributed by atoms with Gasteiger partial charge in [-0.25, -0.2) is 9.18 Å². The van der Waals surface area contributed by atoms with E-state index in [1.807, 2.05) is 0 Å². The number of aryl methyl sites for hydroxylation is 1. The number of benzene rings is 2. The SMILES string of the molecule is Cc1cccc(C(Cl)c2ccc3[nH]c(=O)[nH]c3c2)c1F. The molecule has 1 unspecified atom stereocenters. The van der Waals surface area contributed by atoms with Crippen molar-refractivity contribution >= 4 is 22.6 Å². The van der Waals surface area contributed by atoms with Crippen LogP contribution in [0.1, 0.15) is 22.1 Å². The zero-order valence-electron chi connectivity index (χ0n) is 10.7. The van der Waals surface area contributed by atoms with Gasteiger partial charge in [0, 0.05) is 5.56 Å². The summed E-state index contributed by atoms with van der Waals surface area (Å²) in [6.45, 7) is 1.70. The molecule has 1 atom stereocenters. The van der Waals surface area contributed by atoms with Crippen molar-refractivity contribution in [1.29, 1.82) is 0 Å². The van der Waals surface area contributed by atoms with Crippen LogP contribution in [0.25, 0.3) is 11.0 Å². The third-order valence-corrected chi connectivity index (χ3v) is 3.81. The fraction of sp³-hybridized carbons (Fsp3) is 0.133. The molecule has 102 valence electrons. The van der Waals surface area contributed by atoms with Gasteiger partial charge in [-0.1, -0.05) is 24.3 Å². The number of nitrogens with one attached hydrogen (secondary N) is 2. The molecule has 0 saturated carbocycles. The lowest BCUT2D eigenvalue weighted by Gasteiger charge is -2.12. The average molecular weight is 291 g/mol. The molecule has 0 spiro atoms. The topological polar surface area (TPSA) is 48.6 Å². The number of fused-ring (bicyclic) bond motifs is 1. The van der Waals surface area contributed by atoms with Crippen LogP contribution in [0.2, 0.25) is 0 Å². The molecule has 0 aliphatic heterocycles. The van der Waals surface area contributed by atoms with Gasteiger partial charge in [-0.2, -0.15) is 0 Å². The largest absolute Gasteiger partial charge is 0.323 e. The molecule has 1 heterocycles. The van der Waals surface area contributed by atoms with E-state index in [1.165, 1.54) is 0 Å². The van der Waals surface area contributed by atoms with Crippen molar-refractivity contribution in [1.82, 2.24) is 9.97 Å². The summed E-state index contributed by atoms with van der Waals surface area (Å²) in [6.07, 6.45) is 0. The van der Waals surface area contributed by atoms with Gasteiger partial charge in [-0.05, 0) is 30.2 Å². The quantitative estimate of drug-likeness (QED) is 0.696. The summed E-state index contributed by atoms with van der Waals surface area (Å²) in [4.78, 5) is 16.6. The van der Waals surface area contributed by atoms with Crippen LogP contribution in [-0.2, 0) is 0 Å². The third kappa shape index (κ3) is 2.12. The molecule has 0 aliphatic rings. The minimum atomic E-state index is -0.599. The second kappa shape index (κ2) is 4.80. The molecule has 0 aliphatic carbocycles. The molecule has 0 amide bonds. The van der Waals surface area contributed by atoms with Gasteiger partial charge in [0.1, 0.15) is 5.82 Å². The van der Waals surface area contributed by atoms with Crippen molar-refractivity contribution in [3.63, 3.8) is 0 Å². The minimum Gasteiger partial charge on any atom is -0.306 e. The van der Waals surface area contributed by atoms with E-state index in [9.17, 15) is 9.18 Å². The molecule has 20 heavy (non-hydrogen) atoms. The zero-order valence-corrected chi connectivity index (χ0v) is 11.5. The van der Waals surface area contributed by atoms with E-state index in [4.69, 9.17) is 11.6 Å². The van der Waals surface area contributed by atoms with E-state index in [0.717, 1.165) is 5.56 Å². The summed E-state index contributed by atoms with van der Waals surface area (Å²) < 4.78 is 14.1. The van der Waals surface area contributed by atoms with Crippen LogP contribution in [-0.4, -0.2) is 9.97 Å². The van der Waals surface area contributed by atoms with Gasteiger partial charge < -0.3 is 9.97 Å². The van der Waals surface area contributed by atoms with Gasteiger partial charge in [-0.15, -0.1) is 11.6 Å². The van der Waals surface area contributed by atoms with E-state index < -0.39 is 5.38 Å². The van der Waals surface area contributed by atoms with E-state index in [2.05, 4.69) is 9.97 Å². The molecular formula is C15H12ClFN2O. The van der Waals surface area contributed by atoms with Gasteiger partial charge in [0.15, 0.2) is 0 Å². The Bertz CT molecular complexity index is 837. The molecule has 2 aromatic carbocycles. The first kappa shape index (κ1) is 12.9. The van der Waals surface area contributed by atoms with Gasteiger partial charge >= 0.3 is 5.69 Å². The predicted molar refractivity (Wildman–Crippen MR) is 77.8 cm³/mol. The van der Waals surface area contributed by atoms with Crippen molar-refractivity contribution < 1.29 is 4.39 Å². The molecule has 0 radical (unpaired) electrons. The smallest absolute Gasteiger partial charge is 0.306 e. The fourth-order valence-electron chi connectivity index (χ4n) is 2.25. The van der Waals surface area contributed by atoms with E-state index in [1.54, 1.807) is 43.3 Å². The summed E-state index contributed by atoms with van der Waals surface area (Å²) in [5.41, 5.74) is 2.82. The molecule has 3 rings (SSSR count). The second-order valence-electron chi connectivity index (χ2n) is 4.72. The zero-order chi connectivity index (χ0) is 14.3. The highest BCUT2D eigenvalue weighted by atomic mass is 35.5. The van der Waals surface area contributed by atoms with Crippen LogP contribution in [0.3, 0.4) is 0 Å². The van der Waals surface area contributed by atoms with Crippen LogP contribution in [0, 0.1) is 12.7 Å². The van der Waals surface area contributed by atoms with Crippen LogP contribution in [0.4, 0.5) is 4.39 Å². The Hall–Kier alpha value is -2.07. The lowest BCUT2D eigenvalue weighted by atomic mass is 10.0. The van der Waals surface area contributed by atoms with E-state index >= 15 is 0 Å². The molecule has 5 heteroatoms. The van der Waals surface area contributed by atoms with Crippen molar-refractivity contribution in [2.24, 2.45) is 0 Å². The van der Waals surface area contributed by atoms with Crippen molar-refractivity contribution in [3.8, 4) is 0 Å². The van der Waals surface area contributed by atoms with E-state index in [0.29, 0.717) is 22.2 Å². The molecule has 0 bridgehead atoms. The first-order valence-electron chi connectivity index (χ1n) is 6.17. The Morgan fingerprint density at radius 3 is 2.70 bits per heavy atom. The summed E-state index contributed by atoms with van der Waals surface area (Å²) in [7, 11) is 0. The standard InChI is InChI=1S/C15H12ClFN2O/c1-8-3-2-4-10(14(8)17)13(16)9-5-6-11-12(7-9)19-15(20)18-11/h2-7,13H,1H3,(H2,18,19,20). The second-order valence-corrected chi connectivity index (χ2v) is 5.16. The molecule has 2 N–H and O–H groups in total. The molecule has 3 nitrogen and oxygen atoms in total. The van der Waals surface area contributed by atoms with E-state index in [-0.39, 0.29) is 11.5 Å². The predicted octanol–water partition coefficient (Wildman–Crippen LogP) is 3.63. The Kier molecular flexibility index (Phi) is 3.10. The summed E-state index contributed by atoms with van der Waals surface area (Å²) >= 11 is 6.37. The van der Waals surface area contributed by atoms with Gasteiger partial charge in [0.25, 0.3) is 0 Å². The van der Waals surface area contributed by atoms with Crippen molar-refractivity contribution in [2.75, 3.05) is 0 Å². The maximum atomic E-state index is 14.1. The number of imidazole rings is 1. The highest BCUT2D eigenvalue weighted by molar-refractivity contribution is 6.22. The first-order chi connectivity index (χ1) is 9.56. The van der Waals surface area contributed by atoms with Crippen LogP contribution >= 0.6 is 11.6 Å². The van der Waals surface area contributed by atoms with Crippen LogP contribution < -0.4 is 5.69 Å². The van der Waals surface area contributed by atoms with Crippen LogP contribution in [0.5, 0.6) is 0 Å². The Balaban J connectivity index is 2.09. The number of hydrogen-bond acceptors (Lipinski definition) is 1. The molecule has 3 aromatic rings. The number of aromatic nitrogens is 2. The number of H-pyrrole nitrogens is 2. The molecule has 0 fully saturated rings. The first-order valence-corrected chi connectivity index (χ1v) is 6.61. The monoisotopic (exact) mass is 290 g/mol.